The van der Waals surface area contributed by atoms with E-state index in [1.807, 2.05) is 0 Å². The number of aliphatic hydroxyl groups is 1. The van der Waals surface area contributed by atoms with E-state index in [1.165, 1.54) is 36.0 Å². The molecule has 0 spiro atoms. The van der Waals surface area contributed by atoms with Gasteiger partial charge in [0.2, 0.25) is 5.88 Å². The number of aromatic nitrogens is 5. The molecule has 0 saturated carbocycles. The highest BCUT2D eigenvalue weighted by atomic mass is 16.5. The van der Waals surface area contributed by atoms with Crippen molar-refractivity contribution in [3.8, 4) is 11.7 Å². The molecule has 3 aromatic heterocycles. The van der Waals surface area contributed by atoms with Crippen LogP contribution in [0.3, 0.4) is 0 Å². The van der Waals surface area contributed by atoms with Gasteiger partial charge in [0.05, 0.1) is 25.6 Å². The van der Waals surface area contributed by atoms with Crippen molar-refractivity contribution in [1.82, 2.24) is 24.9 Å². The first-order valence-corrected chi connectivity index (χ1v) is 10.8. The summed E-state index contributed by atoms with van der Waals surface area (Å²) < 4.78 is 17.2. The molecule has 0 bridgehead atoms. The second-order valence-electron chi connectivity index (χ2n) is 8.16. The molecule has 1 aromatic carbocycles. The molecule has 4 heterocycles. The molecule has 0 unspecified atom stereocenters. The van der Waals surface area contributed by atoms with Crippen LogP contribution in [-0.4, -0.2) is 73.8 Å². The SMILES string of the molecule is COc1cc(-n2ccc(N3CCO[C@H]([C@@](C)(O)C(=O)Nc4ccc5c(N)noc5c4)C3=O)n2)ncn1. The highest BCUT2D eigenvalue weighted by Gasteiger charge is 2.49. The number of hydrogen-bond donors (Lipinski definition) is 3. The van der Waals surface area contributed by atoms with Gasteiger partial charge in [-0.25, -0.2) is 14.6 Å². The Morgan fingerprint density at radius 1 is 1.28 bits per heavy atom. The van der Waals surface area contributed by atoms with Crippen molar-refractivity contribution in [3.63, 3.8) is 0 Å². The molecule has 2 amide bonds. The zero-order valence-electron chi connectivity index (χ0n) is 19.3. The van der Waals surface area contributed by atoms with Crippen molar-refractivity contribution in [2.45, 2.75) is 18.6 Å². The number of fused-ring (bicyclic) bond motifs is 1. The highest BCUT2D eigenvalue weighted by Crippen LogP contribution is 2.27. The predicted molar refractivity (Wildman–Crippen MR) is 125 cm³/mol. The van der Waals surface area contributed by atoms with Gasteiger partial charge in [-0.2, -0.15) is 0 Å². The maximum Gasteiger partial charge on any atom is 0.260 e. The number of hydrogen-bond acceptors (Lipinski definition) is 11. The molecular formula is C22H22N8O6. The fourth-order valence-electron chi connectivity index (χ4n) is 3.78. The van der Waals surface area contributed by atoms with Gasteiger partial charge in [-0.3, -0.25) is 14.5 Å². The summed E-state index contributed by atoms with van der Waals surface area (Å²) in [6, 6.07) is 7.91. The lowest BCUT2D eigenvalue weighted by Crippen LogP contribution is -2.61. The third-order valence-electron chi connectivity index (χ3n) is 5.74. The van der Waals surface area contributed by atoms with E-state index in [1.54, 1.807) is 30.5 Å². The molecule has 4 N–H and O–H groups in total. The van der Waals surface area contributed by atoms with Crippen LogP contribution < -0.4 is 20.7 Å². The standard InChI is InChI=1S/C22H22N8O6/c1-22(33,21(32)26-12-3-4-13-14(9-12)36-28-19(13)23)18-20(31)29(7-8-35-18)15-5-6-30(27-15)16-10-17(34-2)25-11-24-16/h3-6,9-11,18,33H,7-8H2,1-2H3,(H2,23,28)(H,26,32)/t18-,22+/m0/s1. The molecule has 14 heteroatoms. The third-order valence-corrected chi connectivity index (χ3v) is 5.74. The van der Waals surface area contributed by atoms with Crippen molar-refractivity contribution in [2.24, 2.45) is 0 Å². The Morgan fingerprint density at radius 3 is 2.92 bits per heavy atom. The number of morpholine rings is 1. The van der Waals surface area contributed by atoms with E-state index in [2.05, 4.69) is 25.5 Å². The number of anilines is 3. The minimum Gasteiger partial charge on any atom is -0.481 e. The van der Waals surface area contributed by atoms with Gasteiger partial charge in [0.15, 0.2) is 34.7 Å². The van der Waals surface area contributed by atoms with Gasteiger partial charge in [0.25, 0.3) is 11.8 Å². The number of amides is 2. The first kappa shape index (κ1) is 23.2. The van der Waals surface area contributed by atoms with Crippen LogP contribution in [0.4, 0.5) is 17.3 Å². The lowest BCUT2D eigenvalue weighted by atomic mass is 9.95. The summed E-state index contributed by atoms with van der Waals surface area (Å²) in [6.07, 6.45) is 1.47. The van der Waals surface area contributed by atoms with Crippen LogP contribution in [0.15, 0.2) is 47.4 Å². The second kappa shape index (κ2) is 8.90. The van der Waals surface area contributed by atoms with E-state index < -0.39 is 23.5 Å². The number of nitrogens with zero attached hydrogens (tertiary/aromatic N) is 6. The quantitative estimate of drug-likeness (QED) is 0.339. The molecular weight excluding hydrogens is 472 g/mol. The average Bonchev–Trinajstić information content (AvgIpc) is 3.51. The van der Waals surface area contributed by atoms with Crippen molar-refractivity contribution in [3.05, 3.63) is 42.9 Å². The number of benzene rings is 1. The summed E-state index contributed by atoms with van der Waals surface area (Å²) in [5.74, 6) is -0.152. The first-order chi connectivity index (χ1) is 17.3. The number of carbonyl (C=O) groups is 2. The predicted octanol–water partition coefficient (Wildman–Crippen LogP) is 0.516. The Hall–Kier alpha value is -4.56. The molecule has 5 rings (SSSR count). The molecule has 36 heavy (non-hydrogen) atoms. The van der Waals surface area contributed by atoms with Crippen molar-refractivity contribution in [1.29, 1.82) is 0 Å². The van der Waals surface area contributed by atoms with Gasteiger partial charge >= 0.3 is 0 Å². The van der Waals surface area contributed by atoms with E-state index in [0.717, 1.165) is 0 Å². The lowest BCUT2D eigenvalue weighted by molar-refractivity contribution is -0.165. The summed E-state index contributed by atoms with van der Waals surface area (Å²) in [5.41, 5.74) is 4.19. The number of nitrogens with two attached hydrogens (primary N) is 1. The van der Waals surface area contributed by atoms with E-state index in [-0.39, 0.29) is 19.0 Å². The van der Waals surface area contributed by atoms with Gasteiger partial charge in [-0.05, 0) is 19.1 Å². The second-order valence-corrected chi connectivity index (χ2v) is 8.16. The summed E-state index contributed by atoms with van der Waals surface area (Å²) >= 11 is 0. The number of nitrogen functional groups attached to an aromatic ring is 1. The zero-order chi connectivity index (χ0) is 25.4. The maximum atomic E-state index is 13.3. The van der Waals surface area contributed by atoms with Gasteiger partial charge in [0.1, 0.15) is 6.33 Å². The first-order valence-electron chi connectivity index (χ1n) is 10.8. The molecule has 14 nitrogen and oxygen atoms in total. The molecule has 4 aromatic rings. The van der Waals surface area contributed by atoms with Gasteiger partial charge in [0, 0.05) is 30.1 Å². The Labute approximate surface area is 203 Å². The fraction of sp³-hybridized carbons (Fsp3) is 0.273. The summed E-state index contributed by atoms with van der Waals surface area (Å²) in [5, 5.41) is 22.3. The van der Waals surface area contributed by atoms with Crippen LogP contribution in [0, 0.1) is 0 Å². The molecule has 1 aliphatic rings. The van der Waals surface area contributed by atoms with E-state index >= 15 is 0 Å². The number of nitrogens with one attached hydrogen (secondary N) is 1. The van der Waals surface area contributed by atoms with Gasteiger partial charge < -0.3 is 30.2 Å². The van der Waals surface area contributed by atoms with Crippen LogP contribution in [0.2, 0.25) is 0 Å². The smallest absolute Gasteiger partial charge is 0.260 e. The minimum atomic E-state index is -2.20. The Balaban J connectivity index is 1.33. The molecule has 186 valence electrons. The monoisotopic (exact) mass is 494 g/mol. The summed E-state index contributed by atoms with van der Waals surface area (Å²) in [4.78, 5) is 35.7. The van der Waals surface area contributed by atoms with E-state index in [0.29, 0.717) is 34.2 Å². The van der Waals surface area contributed by atoms with Crippen molar-refractivity contribution >= 4 is 40.1 Å². The Morgan fingerprint density at radius 2 is 2.11 bits per heavy atom. The summed E-state index contributed by atoms with van der Waals surface area (Å²) in [7, 11) is 1.48. The van der Waals surface area contributed by atoms with E-state index in [4.69, 9.17) is 19.7 Å². The number of carbonyl (C=O) groups excluding carboxylic acids is 2. The average molecular weight is 494 g/mol. The van der Waals surface area contributed by atoms with Crippen LogP contribution in [-0.2, 0) is 14.3 Å². The molecule has 0 aliphatic carbocycles. The topological polar surface area (TPSA) is 184 Å². The highest BCUT2D eigenvalue weighted by molar-refractivity contribution is 6.06. The van der Waals surface area contributed by atoms with Crippen LogP contribution in [0.25, 0.3) is 16.8 Å². The Kier molecular flexibility index (Phi) is 5.74. The number of ether oxygens (including phenoxy) is 2. The normalized spacial score (nSPS) is 17.7. The molecule has 1 aliphatic heterocycles. The van der Waals surface area contributed by atoms with Gasteiger partial charge in [-0.15, -0.1) is 5.10 Å². The van der Waals surface area contributed by atoms with Crippen molar-refractivity contribution in [2.75, 3.05) is 36.2 Å². The molecule has 0 radical (unpaired) electrons. The summed E-state index contributed by atoms with van der Waals surface area (Å²) in [6.45, 7) is 1.48. The van der Waals surface area contributed by atoms with Gasteiger partial charge in [-0.1, -0.05) is 5.16 Å². The van der Waals surface area contributed by atoms with E-state index in [9.17, 15) is 14.7 Å². The van der Waals surface area contributed by atoms with Crippen molar-refractivity contribution < 1.29 is 28.7 Å². The molecule has 1 saturated heterocycles. The number of rotatable bonds is 6. The number of methoxy groups -OCH3 is 1. The van der Waals surface area contributed by atoms with Crippen LogP contribution >= 0.6 is 0 Å². The molecule has 2 atom stereocenters. The van der Waals surface area contributed by atoms with Crippen LogP contribution in [0.1, 0.15) is 6.92 Å². The fourth-order valence-corrected chi connectivity index (χ4v) is 3.78. The maximum absolute atomic E-state index is 13.3. The Bertz CT molecular complexity index is 1450. The third kappa shape index (κ3) is 4.08. The zero-order valence-corrected chi connectivity index (χ0v) is 19.3. The minimum absolute atomic E-state index is 0.0807. The molecule has 1 fully saturated rings. The largest absolute Gasteiger partial charge is 0.481 e. The van der Waals surface area contributed by atoms with Crippen LogP contribution in [0.5, 0.6) is 5.88 Å². The lowest BCUT2D eigenvalue weighted by Gasteiger charge is -2.37.